The van der Waals surface area contributed by atoms with Gasteiger partial charge >= 0.3 is 0 Å². The van der Waals surface area contributed by atoms with E-state index in [0.29, 0.717) is 43.5 Å². The van der Waals surface area contributed by atoms with Crippen LogP contribution in [0.1, 0.15) is 21.7 Å². The number of aryl methyl sites for hydroxylation is 2. The number of rotatable bonds is 3. The minimum Gasteiger partial charge on any atom is -0.495 e. The predicted molar refractivity (Wildman–Crippen MR) is 101 cm³/mol. The largest absolute Gasteiger partial charge is 0.495 e. The van der Waals surface area contributed by atoms with Gasteiger partial charge in [0.1, 0.15) is 11.4 Å². The average molecular weight is 399 g/mol. The molecule has 0 aliphatic carbocycles. The van der Waals surface area contributed by atoms with E-state index in [0.717, 1.165) is 5.56 Å². The predicted octanol–water partition coefficient (Wildman–Crippen LogP) is 5.17. The molecular formula is C17H14Cl3N3O2. The average Bonchev–Trinajstić information content (AvgIpc) is 2.87. The topological polar surface area (TPSA) is 55.6 Å². The SMILES string of the molecule is COc1cc(Cl)c(C)cc1NC(=O)c1c(C)nc2c(Cl)cc(Cl)cn12. The number of ether oxygens (including phenoxy) is 1. The summed E-state index contributed by atoms with van der Waals surface area (Å²) in [6, 6.07) is 4.98. The van der Waals surface area contributed by atoms with Gasteiger partial charge in [0.25, 0.3) is 5.91 Å². The second-order valence-corrected chi connectivity index (χ2v) is 6.75. The minimum absolute atomic E-state index is 0.342. The number of nitrogens with one attached hydrogen (secondary N) is 1. The maximum atomic E-state index is 12.9. The van der Waals surface area contributed by atoms with Crippen LogP contribution in [0, 0.1) is 13.8 Å². The molecule has 0 fully saturated rings. The fourth-order valence-electron chi connectivity index (χ4n) is 2.57. The second kappa shape index (κ2) is 6.75. The third-order valence-electron chi connectivity index (χ3n) is 3.76. The number of hydrogen-bond donors (Lipinski definition) is 1. The fraction of sp³-hybridized carbons (Fsp3) is 0.176. The van der Waals surface area contributed by atoms with Gasteiger partial charge in [0.05, 0.1) is 28.5 Å². The van der Waals surface area contributed by atoms with E-state index in [1.807, 2.05) is 6.92 Å². The molecule has 1 N–H and O–H groups in total. The van der Waals surface area contributed by atoms with Gasteiger partial charge in [-0.25, -0.2) is 4.98 Å². The minimum atomic E-state index is -0.358. The number of amides is 1. The van der Waals surface area contributed by atoms with Crippen molar-refractivity contribution in [3.05, 3.63) is 56.4 Å². The molecule has 0 spiro atoms. The van der Waals surface area contributed by atoms with Gasteiger partial charge in [0.15, 0.2) is 5.65 Å². The van der Waals surface area contributed by atoms with Crippen LogP contribution in [0.25, 0.3) is 5.65 Å². The number of pyridine rings is 1. The zero-order chi connectivity index (χ0) is 18.3. The summed E-state index contributed by atoms with van der Waals surface area (Å²) < 4.78 is 6.87. The van der Waals surface area contributed by atoms with Crippen LogP contribution >= 0.6 is 34.8 Å². The molecule has 1 aromatic carbocycles. The van der Waals surface area contributed by atoms with Crippen molar-refractivity contribution in [1.29, 1.82) is 0 Å². The molecule has 130 valence electrons. The third-order valence-corrected chi connectivity index (χ3v) is 4.65. The van der Waals surface area contributed by atoms with Crippen LogP contribution in [-0.2, 0) is 0 Å². The molecule has 0 saturated heterocycles. The van der Waals surface area contributed by atoms with Crippen LogP contribution in [-0.4, -0.2) is 22.4 Å². The number of hydrogen-bond acceptors (Lipinski definition) is 3. The Morgan fingerprint density at radius 3 is 2.56 bits per heavy atom. The molecule has 8 heteroatoms. The molecule has 0 aliphatic rings. The van der Waals surface area contributed by atoms with E-state index in [9.17, 15) is 4.79 Å². The van der Waals surface area contributed by atoms with Crippen LogP contribution in [0.3, 0.4) is 0 Å². The maximum Gasteiger partial charge on any atom is 0.274 e. The van der Waals surface area contributed by atoms with Gasteiger partial charge in [-0.05, 0) is 31.5 Å². The van der Waals surface area contributed by atoms with Crippen molar-refractivity contribution in [3.8, 4) is 5.75 Å². The van der Waals surface area contributed by atoms with Crippen molar-refractivity contribution in [2.45, 2.75) is 13.8 Å². The monoisotopic (exact) mass is 397 g/mol. The van der Waals surface area contributed by atoms with Gasteiger partial charge in [-0.3, -0.25) is 9.20 Å². The first-order valence-corrected chi connectivity index (χ1v) is 8.44. The smallest absolute Gasteiger partial charge is 0.274 e. The number of benzene rings is 1. The lowest BCUT2D eigenvalue weighted by Crippen LogP contribution is -2.16. The Kier molecular flexibility index (Phi) is 4.82. The highest BCUT2D eigenvalue weighted by Gasteiger charge is 2.20. The molecule has 0 saturated carbocycles. The lowest BCUT2D eigenvalue weighted by molar-refractivity contribution is 0.102. The molecule has 2 aromatic heterocycles. The molecule has 3 aromatic rings. The summed E-state index contributed by atoms with van der Waals surface area (Å²) >= 11 is 18.3. The number of halogens is 3. The highest BCUT2D eigenvalue weighted by Crippen LogP contribution is 2.32. The Balaban J connectivity index is 2.07. The Bertz CT molecular complexity index is 999. The quantitative estimate of drug-likeness (QED) is 0.662. The molecule has 3 rings (SSSR count). The lowest BCUT2D eigenvalue weighted by Gasteiger charge is -2.12. The molecule has 2 heterocycles. The number of carbonyl (C=O) groups excluding carboxylic acids is 1. The summed E-state index contributed by atoms with van der Waals surface area (Å²) in [7, 11) is 1.51. The van der Waals surface area contributed by atoms with E-state index in [1.165, 1.54) is 7.11 Å². The normalized spacial score (nSPS) is 11.0. The van der Waals surface area contributed by atoms with Gasteiger partial charge in [0.2, 0.25) is 0 Å². The Labute approximate surface area is 159 Å². The number of fused-ring (bicyclic) bond motifs is 1. The molecule has 0 atom stereocenters. The van der Waals surface area contributed by atoms with Crippen molar-refractivity contribution >= 4 is 52.0 Å². The Hall–Kier alpha value is -1.95. The molecule has 25 heavy (non-hydrogen) atoms. The first kappa shape index (κ1) is 17.9. The first-order valence-electron chi connectivity index (χ1n) is 7.31. The van der Waals surface area contributed by atoms with Crippen LogP contribution < -0.4 is 10.1 Å². The lowest BCUT2D eigenvalue weighted by atomic mass is 10.2. The van der Waals surface area contributed by atoms with Gasteiger partial charge in [-0.2, -0.15) is 0 Å². The number of methoxy groups -OCH3 is 1. The zero-order valence-corrected chi connectivity index (χ0v) is 15.9. The second-order valence-electron chi connectivity index (χ2n) is 5.50. The summed E-state index contributed by atoms with van der Waals surface area (Å²) in [4.78, 5) is 17.2. The Morgan fingerprint density at radius 1 is 1.16 bits per heavy atom. The van der Waals surface area contributed by atoms with Crippen molar-refractivity contribution in [1.82, 2.24) is 9.38 Å². The zero-order valence-electron chi connectivity index (χ0n) is 13.7. The molecule has 0 aliphatic heterocycles. The van der Waals surface area contributed by atoms with E-state index >= 15 is 0 Å². The maximum absolute atomic E-state index is 12.9. The molecule has 0 unspecified atom stereocenters. The van der Waals surface area contributed by atoms with Crippen LogP contribution in [0.4, 0.5) is 5.69 Å². The van der Waals surface area contributed by atoms with Crippen LogP contribution in [0.5, 0.6) is 5.75 Å². The summed E-state index contributed by atoms with van der Waals surface area (Å²) in [5, 5.41) is 4.17. The number of anilines is 1. The highest BCUT2D eigenvalue weighted by molar-refractivity contribution is 6.36. The summed E-state index contributed by atoms with van der Waals surface area (Å²) in [5.41, 5.74) is 2.67. The summed E-state index contributed by atoms with van der Waals surface area (Å²) in [5.74, 6) is 0.106. The third kappa shape index (κ3) is 3.27. The summed E-state index contributed by atoms with van der Waals surface area (Å²) in [6.07, 6.45) is 1.60. The van der Waals surface area contributed by atoms with Crippen molar-refractivity contribution in [2.24, 2.45) is 0 Å². The van der Waals surface area contributed by atoms with E-state index < -0.39 is 0 Å². The standard InChI is InChI=1S/C17H14Cl3N3O2/c1-8-4-13(14(25-3)6-11(8)19)22-17(24)15-9(2)21-16-12(20)5-10(18)7-23(15)16/h4-7H,1-3H3,(H,22,24). The van der Waals surface area contributed by atoms with E-state index in [4.69, 9.17) is 39.5 Å². The molecule has 0 bridgehead atoms. The first-order chi connectivity index (χ1) is 11.8. The Morgan fingerprint density at radius 2 is 1.88 bits per heavy atom. The molecule has 5 nitrogen and oxygen atoms in total. The highest BCUT2D eigenvalue weighted by atomic mass is 35.5. The van der Waals surface area contributed by atoms with E-state index in [-0.39, 0.29) is 5.91 Å². The molecule has 1 amide bonds. The van der Waals surface area contributed by atoms with E-state index in [1.54, 1.807) is 35.7 Å². The van der Waals surface area contributed by atoms with Crippen LogP contribution in [0.2, 0.25) is 15.1 Å². The van der Waals surface area contributed by atoms with Gasteiger partial charge in [0, 0.05) is 17.3 Å². The molecular weight excluding hydrogens is 385 g/mol. The number of imidazole rings is 1. The summed E-state index contributed by atoms with van der Waals surface area (Å²) in [6.45, 7) is 3.58. The van der Waals surface area contributed by atoms with Gasteiger partial charge in [-0.15, -0.1) is 0 Å². The number of carbonyl (C=O) groups is 1. The van der Waals surface area contributed by atoms with Crippen molar-refractivity contribution in [2.75, 3.05) is 12.4 Å². The van der Waals surface area contributed by atoms with Crippen LogP contribution in [0.15, 0.2) is 24.4 Å². The number of aromatic nitrogens is 2. The number of nitrogens with zero attached hydrogens (tertiary/aromatic N) is 2. The fourth-order valence-corrected chi connectivity index (χ4v) is 3.24. The van der Waals surface area contributed by atoms with E-state index in [2.05, 4.69) is 10.3 Å². The van der Waals surface area contributed by atoms with Gasteiger partial charge < -0.3 is 10.1 Å². The van der Waals surface area contributed by atoms with Gasteiger partial charge in [-0.1, -0.05) is 34.8 Å². The van der Waals surface area contributed by atoms with Crippen molar-refractivity contribution in [3.63, 3.8) is 0 Å². The van der Waals surface area contributed by atoms with Crippen molar-refractivity contribution < 1.29 is 9.53 Å². The molecule has 0 radical (unpaired) electrons.